The van der Waals surface area contributed by atoms with Crippen molar-refractivity contribution in [3.63, 3.8) is 0 Å². The number of fused-ring (bicyclic) bond motifs is 5. The lowest BCUT2D eigenvalue weighted by Crippen LogP contribution is -2.01. The Balaban J connectivity index is 1.01. The summed E-state index contributed by atoms with van der Waals surface area (Å²) in [6.45, 7) is 0. The minimum Gasteiger partial charge on any atom is -0.208 e. The standard InChI is InChI=1S/C61H39N3/c1-2-16-40(17-3-1)51-29-10-11-32-56(51)61-63-59(62-60(64-61)49-27-14-24-45(38-49)53-33-15-21-41-18-4-7-28-50(41)53)48-26-13-23-44(37-48)43-22-12-25-47(36-43)58-54-31-9-6-20-46(54)39-57-52-30-8-5-19-42(52)34-35-55(57)58/h1-39H. The van der Waals surface area contributed by atoms with E-state index in [9.17, 15) is 0 Å². The summed E-state index contributed by atoms with van der Waals surface area (Å²) in [5.41, 5.74) is 11.9. The second-order valence-corrected chi connectivity index (χ2v) is 16.3. The van der Waals surface area contributed by atoms with Gasteiger partial charge < -0.3 is 0 Å². The van der Waals surface area contributed by atoms with E-state index in [4.69, 9.17) is 15.0 Å². The highest BCUT2D eigenvalue weighted by molar-refractivity contribution is 6.20. The third-order valence-corrected chi connectivity index (χ3v) is 12.5. The van der Waals surface area contributed by atoms with Gasteiger partial charge in [-0.15, -0.1) is 0 Å². The van der Waals surface area contributed by atoms with Gasteiger partial charge in [0.05, 0.1) is 0 Å². The first-order valence-corrected chi connectivity index (χ1v) is 21.8. The fraction of sp³-hybridized carbons (Fsp3) is 0. The maximum atomic E-state index is 5.28. The highest BCUT2D eigenvalue weighted by Crippen LogP contribution is 2.41. The van der Waals surface area contributed by atoms with Crippen LogP contribution >= 0.6 is 0 Å². The predicted octanol–water partition coefficient (Wildman–Crippen LogP) is 16.2. The van der Waals surface area contributed by atoms with Gasteiger partial charge in [-0.1, -0.05) is 212 Å². The molecule has 0 radical (unpaired) electrons. The molecular weight excluding hydrogens is 775 g/mol. The molecule has 0 atom stereocenters. The Morgan fingerprint density at radius 1 is 0.203 bits per heavy atom. The Kier molecular flexibility index (Phi) is 9.16. The van der Waals surface area contributed by atoms with E-state index in [1.54, 1.807) is 0 Å². The van der Waals surface area contributed by atoms with Crippen molar-refractivity contribution in [2.24, 2.45) is 0 Å². The molecule has 0 fully saturated rings. The molecule has 64 heavy (non-hydrogen) atoms. The summed E-state index contributed by atoms with van der Waals surface area (Å²) in [6, 6.07) is 84.3. The molecule has 1 aromatic heterocycles. The first-order chi connectivity index (χ1) is 31.7. The van der Waals surface area contributed by atoms with E-state index < -0.39 is 0 Å². The summed E-state index contributed by atoms with van der Waals surface area (Å²) in [5.74, 6) is 1.86. The molecule has 3 heteroatoms. The van der Waals surface area contributed by atoms with E-state index in [1.165, 1.54) is 59.8 Å². The molecule has 1 heterocycles. The van der Waals surface area contributed by atoms with Gasteiger partial charge >= 0.3 is 0 Å². The summed E-state index contributed by atoms with van der Waals surface area (Å²) in [6.07, 6.45) is 0. The SMILES string of the molecule is c1ccc(-c2ccccc2-c2nc(-c3cccc(-c4cccc(-c5c6ccccc6cc6c5ccc5ccccc56)c4)c3)nc(-c3cccc(-c4cccc5ccccc45)c3)n2)cc1. The maximum absolute atomic E-state index is 5.28. The highest BCUT2D eigenvalue weighted by atomic mass is 15.0. The van der Waals surface area contributed by atoms with E-state index in [0.29, 0.717) is 17.5 Å². The van der Waals surface area contributed by atoms with Crippen LogP contribution in [-0.2, 0) is 0 Å². The summed E-state index contributed by atoms with van der Waals surface area (Å²) < 4.78 is 0. The average molecular weight is 814 g/mol. The van der Waals surface area contributed by atoms with Crippen molar-refractivity contribution in [3.8, 4) is 78.7 Å². The third-order valence-electron chi connectivity index (χ3n) is 12.5. The Morgan fingerprint density at radius 2 is 0.672 bits per heavy atom. The minimum absolute atomic E-state index is 0.614. The van der Waals surface area contributed by atoms with Gasteiger partial charge in [0.1, 0.15) is 0 Å². The van der Waals surface area contributed by atoms with E-state index in [1.807, 2.05) is 6.07 Å². The lowest BCUT2D eigenvalue weighted by molar-refractivity contribution is 1.07. The second kappa shape index (κ2) is 15.7. The van der Waals surface area contributed by atoms with E-state index >= 15 is 0 Å². The van der Waals surface area contributed by atoms with Gasteiger partial charge in [0.15, 0.2) is 17.5 Å². The van der Waals surface area contributed by atoms with Crippen molar-refractivity contribution in [2.45, 2.75) is 0 Å². The van der Waals surface area contributed by atoms with Crippen LogP contribution in [0.4, 0.5) is 0 Å². The summed E-state index contributed by atoms with van der Waals surface area (Å²) >= 11 is 0. The average Bonchev–Trinajstić information content (AvgIpc) is 3.38. The molecule has 0 aliphatic carbocycles. The molecule has 0 bridgehead atoms. The number of rotatable bonds is 7. The van der Waals surface area contributed by atoms with Crippen LogP contribution in [0.15, 0.2) is 237 Å². The van der Waals surface area contributed by atoms with Crippen LogP contribution in [0.1, 0.15) is 0 Å². The molecule has 0 amide bonds. The van der Waals surface area contributed by atoms with Crippen LogP contribution in [0.25, 0.3) is 122 Å². The molecule has 0 spiro atoms. The number of nitrogens with zero attached hydrogens (tertiary/aromatic N) is 3. The zero-order chi connectivity index (χ0) is 42.4. The van der Waals surface area contributed by atoms with Crippen LogP contribution < -0.4 is 0 Å². The highest BCUT2D eigenvalue weighted by Gasteiger charge is 2.18. The zero-order valence-corrected chi connectivity index (χ0v) is 34.9. The maximum Gasteiger partial charge on any atom is 0.164 e. The molecule has 0 saturated heterocycles. The zero-order valence-electron chi connectivity index (χ0n) is 34.9. The van der Waals surface area contributed by atoms with E-state index in [0.717, 1.165) is 44.5 Å². The molecule has 0 saturated carbocycles. The Morgan fingerprint density at radius 3 is 1.42 bits per heavy atom. The largest absolute Gasteiger partial charge is 0.208 e. The van der Waals surface area contributed by atoms with E-state index in [-0.39, 0.29) is 0 Å². The number of benzene rings is 11. The van der Waals surface area contributed by atoms with Crippen molar-refractivity contribution < 1.29 is 0 Å². The quantitative estimate of drug-likeness (QED) is 0.119. The van der Waals surface area contributed by atoms with E-state index in [2.05, 4.69) is 231 Å². The fourth-order valence-corrected chi connectivity index (χ4v) is 9.43. The lowest BCUT2D eigenvalue weighted by atomic mass is 9.89. The molecular formula is C61H39N3. The number of hydrogen-bond acceptors (Lipinski definition) is 3. The van der Waals surface area contributed by atoms with Crippen molar-refractivity contribution in [1.82, 2.24) is 15.0 Å². The van der Waals surface area contributed by atoms with Crippen molar-refractivity contribution in [2.75, 3.05) is 0 Å². The van der Waals surface area contributed by atoms with Crippen molar-refractivity contribution >= 4 is 43.1 Å². The molecule has 298 valence electrons. The van der Waals surface area contributed by atoms with Crippen LogP contribution in [-0.4, -0.2) is 15.0 Å². The summed E-state index contributed by atoms with van der Waals surface area (Å²) in [4.78, 5) is 15.8. The molecule has 0 aliphatic heterocycles. The molecule has 12 rings (SSSR count). The molecule has 0 aliphatic rings. The second-order valence-electron chi connectivity index (χ2n) is 16.3. The van der Waals surface area contributed by atoms with Gasteiger partial charge in [0, 0.05) is 16.7 Å². The van der Waals surface area contributed by atoms with Crippen LogP contribution in [0.5, 0.6) is 0 Å². The van der Waals surface area contributed by atoms with Crippen LogP contribution in [0.2, 0.25) is 0 Å². The Labute approximate surface area is 371 Å². The smallest absolute Gasteiger partial charge is 0.164 e. The summed E-state index contributed by atoms with van der Waals surface area (Å²) in [7, 11) is 0. The fourth-order valence-electron chi connectivity index (χ4n) is 9.43. The van der Waals surface area contributed by atoms with Gasteiger partial charge in [-0.2, -0.15) is 0 Å². The molecule has 0 N–H and O–H groups in total. The third kappa shape index (κ3) is 6.68. The topological polar surface area (TPSA) is 38.7 Å². The predicted molar refractivity (Wildman–Crippen MR) is 268 cm³/mol. The van der Waals surface area contributed by atoms with Gasteiger partial charge in [0.25, 0.3) is 0 Å². The molecule has 3 nitrogen and oxygen atoms in total. The van der Waals surface area contributed by atoms with Gasteiger partial charge in [-0.05, 0) is 112 Å². The van der Waals surface area contributed by atoms with Gasteiger partial charge in [0.2, 0.25) is 0 Å². The van der Waals surface area contributed by atoms with Gasteiger partial charge in [-0.25, -0.2) is 15.0 Å². The summed E-state index contributed by atoms with van der Waals surface area (Å²) in [5, 5.41) is 9.89. The van der Waals surface area contributed by atoms with Crippen molar-refractivity contribution in [3.05, 3.63) is 237 Å². The van der Waals surface area contributed by atoms with Crippen LogP contribution in [0, 0.1) is 0 Å². The van der Waals surface area contributed by atoms with Gasteiger partial charge in [-0.3, -0.25) is 0 Å². The molecule has 12 aromatic rings. The first-order valence-electron chi connectivity index (χ1n) is 21.8. The minimum atomic E-state index is 0.614. The Bertz CT molecular complexity index is 3730. The first kappa shape index (κ1) is 37.2. The monoisotopic (exact) mass is 813 g/mol. The van der Waals surface area contributed by atoms with Crippen LogP contribution in [0.3, 0.4) is 0 Å². The lowest BCUT2D eigenvalue weighted by Gasteiger charge is -2.15. The number of aromatic nitrogens is 3. The normalized spacial score (nSPS) is 11.4. The molecule has 11 aromatic carbocycles. The molecule has 0 unspecified atom stereocenters. The number of hydrogen-bond donors (Lipinski definition) is 0. The van der Waals surface area contributed by atoms with Crippen molar-refractivity contribution in [1.29, 1.82) is 0 Å². The Hall–Kier alpha value is -8.53.